The number of hydrogen-bond donors (Lipinski definition) is 2. The van der Waals surface area contributed by atoms with Crippen molar-refractivity contribution < 1.29 is 4.74 Å². The lowest BCUT2D eigenvalue weighted by Gasteiger charge is -2.32. The zero-order valence-electron chi connectivity index (χ0n) is 19.9. The molecule has 1 unspecified atom stereocenters. The number of piperazine rings is 1. The summed E-state index contributed by atoms with van der Waals surface area (Å²) in [6.45, 7) is 10.8. The summed E-state index contributed by atoms with van der Waals surface area (Å²) in [7, 11) is 4.01. The zero-order chi connectivity index (χ0) is 22.6. The molecule has 32 heavy (non-hydrogen) atoms. The monoisotopic (exact) mass is 437 g/mol. The number of nitrogens with one attached hydrogen (secondary N) is 2. The molecule has 0 radical (unpaired) electrons. The van der Waals surface area contributed by atoms with Crippen molar-refractivity contribution in [1.29, 1.82) is 0 Å². The average Bonchev–Trinajstić information content (AvgIpc) is 2.82. The van der Waals surface area contributed by atoms with Crippen molar-refractivity contribution in [2.45, 2.75) is 26.6 Å². The van der Waals surface area contributed by atoms with E-state index >= 15 is 0 Å². The van der Waals surface area contributed by atoms with Crippen LogP contribution in [0, 0.1) is 5.92 Å². The van der Waals surface area contributed by atoms with Crippen molar-refractivity contribution >= 4 is 5.96 Å². The third-order valence-corrected chi connectivity index (χ3v) is 5.84. The number of ether oxygens (including phenoxy) is 1. The Morgan fingerprint density at radius 1 is 0.938 bits per heavy atom. The van der Waals surface area contributed by atoms with Crippen LogP contribution in [0.3, 0.4) is 0 Å². The maximum absolute atomic E-state index is 5.84. The summed E-state index contributed by atoms with van der Waals surface area (Å²) in [4.78, 5) is 9.27. The van der Waals surface area contributed by atoms with Crippen LogP contribution >= 0.6 is 0 Å². The Labute approximate surface area is 193 Å². The van der Waals surface area contributed by atoms with Gasteiger partial charge in [-0.3, -0.25) is 9.89 Å². The molecular formula is C26H39N5O. The van der Waals surface area contributed by atoms with Gasteiger partial charge in [0, 0.05) is 52.9 Å². The number of guanidine groups is 1. The fourth-order valence-corrected chi connectivity index (χ4v) is 3.72. The molecule has 0 amide bonds. The quantitative estimate of drug-likeness (QED) is 0.442. The van der Waals surface area contributed by atoms with Crippen LogP contribution in [0.25, 0.3) is 0 Å². The molecule has 2 aromatic carbocycles. The van der Waals surface area contributed by atoms with Crippen LogP contribution < -0.4 is 10.6 Å². The van der Waals surface area contributed by atoms with Crippen molar-refractivity contribution in [1.82, 2.24) is 20.4 Å². The van der Waals surface area contributed by atoms with Crippen LogP contribution in [0.15, 0.2) is 59.6 Å². The van der Waals surface area contributed by atoms with E-state index in [-0.39, 0.29) is 0 Å². The van der Waals surface area contributed by atoms with E-state index in [1.165, 1.54) is 16.7 Å². The first-order valence-electron chi connectivity index (χ1n) is 11.7. The van der Waals surface area contributed by atoms with Crippen LogP contribution in [0.5, 0.6) is 0 Å². The molecule has 1 saturated heterocycles. The minimum atomic E-state index is 0.395. The molecule has 1 fully saturated rings. The smallest absolute Gasteiger partial charge is 0.191 e. The summed E-state index contributed by atoms with van der Waals surface area (Å²) in [5.41, 5.74) is 3.85. The SMILES string of the molecule is CN=C(NCc1ccc(CN2CCN(C)CC2)cc1)NCC(C)COCc1ccccc1. The van der Waals surface area contributed by atoms with Gasteiger partial charge in [0.1, 0.15) is 0 Å². The topological polar surface area (TPSA) is 52.1 Å². The third-order valence-electron chi connectivity index (χ3n) is 5.84. The molecule has 1 heterocycles. The third kappa shape index (κ3) is 8.61. The van der Waals surface area contributed by atoms with Crippen molar-refractivity contribution in [3.63, 3.8) is 0 Å². The Hall–Kier alpha value is -2.41. The number of likely N-dealkylation sites (N-methyl/N-ethyl adjacent to an activating group) is 1. The Morgan fingerprint density at radius 2 is 1.62 bits per heavy atom. The molecule has 1 aliphatic heterocycles. The minimum absolute atomic E-state index is 0.395. The highest BCUT2D eigenvalue weighted by atomic mass is 16.5. The van der Waals surface area contributed by atoms with Crippen molar-refractivity contribution in [3.8, 4) is 0 Å². The highest BCUT2D eigenvalue weighted by Crippen LogP contribution is 2.10. The number of rotatable bonds is 10. The molecular weight excluding hydrogens is 398 g/mol. The van der Waals surface area contributed by atoms with Gasteiger partial charge in [-0.1, -0.05) is 61.5 Å². The second kappa shape index (κ2) is 13.2. The Bertz CT molecular complexity index is 801. The maximum atomic E-state index is 5.84. The number of benzene rings is 2. The van der Waals surface area contributed by atoms with Crippen LogP contribution in [0.1, 0.15) is 23.6 Å². The van der Waals surface area contributed by atoms with Gasteiger partial charge < -0.3 is 20.3 Å². The Balaban J connectivity index is 1.33. The predicted octanol–water partition coefficient (Wildman–Crippen LogP) is 2.95. The lowest BCUT2D eigenvalue weighted by Crippen LogP contribution is -2.43. The van der Waals surface area contributed by atoms with Gasteiger partial charge in [-0.05, 0) is 29.7 Å². The van der Waals surface area contributed by atoms with E-state index in [1.807, 2.05) is 25.2 Å². The minimum Gasteiger partial charge on any atom is -0.376 e. The van der Waals surface area contributed by atoms with Crippen LogP contribution in [0.4, 0.5) is 0 Å². The Morgan fingerprint density at radius 3 is 2.31 bits per heavy atom. The molecule has 6 nitrogen and oxygen atoms in total. The fourth-order valence-electron chi connectivity index (χ4n) is 3.72. The van der Waals surface area contributed by atoms with Crippen LogP contribution in [-0.2, 0) is 24.4 Å². The largest absolute Gasteiger partial charge is 0.376 e. The van der Waals surface area contributed by atoms with E-state index in [1.54, 1.807) is 0 Å². The van der Waals surface area contributed by atoms with Gasteiger partial charge in [-0.25, -0.2) is 0 Å². The van der Waals surface area contributed by atoms with E-state index in [9.17, 15) is 0 Å². The maximum Gasteiger partial charge on any atom is 0.191 e. The standard InChI is InChI=1S/C26H39N5O/c1-22(20-32-21-25-7-5-4-6-8-25)17-28-26(27-2)29-18-23-9-11-24(12-10-23)19-31-15-13-30(3)14-16-31/h4-12,22H,13-21H2,1-3H3,(H2,27,28,29). The van der Waals surface area contributed by atoms with E-state index in [4.69, 9.17) is 4.74 Å². The van der Waals surface area contributed by atoms with E-state index in [2.05, 4.69) is 75.8 Å². The highest BCUT2D eigenvalue weighted by molar-refractivity contribution is 5.79. The molecule has 0 saturated carbocycles. The van der Waals surface area contributed by atoms with Gasteiger partial charge in [-0.15, -0.1) is 0 Å². The first kappa shape index (κ1) is 24.2. The normalized spacial score (nSPS) is 16.7. The zero-order valence-corrected chi connectivity index (χ0v) is 19.9. The van der Waals surface area contributed by atoms with Gasteiger partial charge in [0.2, 0.25) is 0 Å². The molecule has 0 aliphatic carbocycles. The van der Waals surface area contributed by atoms with Gasteiger partial charge in [0.05, 0.1) is 13.2 Å². The molecule has 174 valence electrons. The molecule has 2 aromatic rings. The van der Waals surface area contributed by atoms with Gasteiger partial charge in [0.15, 0.2) is 5.96 Å². The first-order valence-corrected chi connectivity index (χ1v) is 11.7. The Kier molecular flexibility index (Phi) is 10.0. The number of hydrogen-bond acceptors (Lipinski definition) is 4. The molecule has 6 heteroatoms. The lowest BCUT2D eigenvalue weighted by molar-refractivity contribution is 0.0931. The summed E-state index contributed by atoms with van der Waals surface area (Å²) >= 11 is 0. The predicted molar refractivity (Wildman–Crippen MR) is 133 cm³/mol. The summed E-state index contributed by atoms with van der Waals surface area (Å²) < 4.78 is 5.84. The van der Waals surface area contributed by atoms with Crippen LogP contribution in [-0.4, -0.2) is 69.2 Å². The van der Waals surface area contributed by atoms with E-state index in [0.29, 0.717) is 19.1 Å². The summed E-state index contributed by atoms with van der Waals surface area (Å²) in [5, 5.41) is 6.82. The van der Waals surface area contributed by atoms with Crippen molar-refractivity contribution in [2.24, 2.45) is 10.9 Å². The van der Waals surface area contributed by atoms with Gasteiger partial charge in [-0.2, -0.15) is 0 Å². The molecule has 0 spiro atoms. The number of aliphatic imine (C=N–C) groups is 1. The molecule has 3 rings (SSSR count). The second-order valence-corrected chi connectivity index (χ2v) is 8.81. The molecule has 1 atom stereocenters. The van der Waals surface area contributed by atoms with Crippen molar-refractivity contribution in [3.05, 3.63) is 71.3 Å². The van der Waals surface area contributed by atoms with Crippen molar-refractivity contribution in [2.75, 3.05) is 53.4 Å². The molecule has 1 aliphatic rings. The fraction of sp³-hybridized carbons (Fsp3) is 0.500. The molecule has 0 bridgehead atoms. The highest BCUT2D eigenvalue weighted by Gasteiger charge is 2.13. The lowest BCUT2D eigenvalue weighted by atomic mass is 10.1. The average molecular weight is 438 g/mol. The van der Waals surface area contributed by atoms with Gasteiger partial charge >= 0.3 is 0 Å². The van der Waals surface area contributed by atoms with Crippen LogP contribution in [0.2, 0.25) is 0 Å². The molecule has 2 N–H and O–H groups in total. The summed E-state index contributed by atoms with van der Waals surface area (Å²) in [5.74, 6) is 1.22. The summed E-state index contributed by atoms with van der Waals surface area (Å²) in [6, 6.07) is 19.2. The number of nitrogens with zero attached hydrogens (tertiary/aromatic N) is 3. The first-order chi connectivity index (χ1) is 15.6. The van der Waals surface area contributed by atoms with E-state index in [0.717, 1.165) is 51.8 Å². The van der Waals surface area contributed by atoms with Gasteiger partial charge in [0.25, 0.3) is 0 Å². The molecule has 0 aromatic heterocycles. The van der Waals surface area contributed by atoms with E-state index < -0.39 is 0 Å². The summed E-state index contributed by atoms with van der Waals surface area (Å²) in [6.07, 6.45) is 0. The second-order valence-electron chi connectivity index (χ2n) is 8.81.